The van der Waals surface area contributed by atoms with Crippen molar-refractivity contribution in [1.29, 1.82) is 0 Å². The third-order valence-corrected chi connectivity index (χ3v) is 3.74. The first-order valence-corrected chi connectivity index (χ1v) is 7.99. The van der Waals surface area contributed by atoms with Gasteiger partial charge < -0.3 is 4.74 Å². The molecular weight excluding hydrogens is 224 g/mol. The largest absolute Gasteiger partial charge is 0.381 e. The normalized spacial score (nSPS) is 23.4. The smallest absolute Gasteiger partial charge is 0.132 e. The number of Topliss-reactive ketones (excluding diaryl/α,β-unsaturated/α-hetero) is 1. The Morgan fingerprint density at radius 1 is 0.556 bits per heavy atom. The van der Waals surface area contributed by atoms with Gasteiger partial charge in [-0.3, -0.25) is 4.79 Å². The zero-order valence-electron chi connectivity index (χ0n) is 11.9. The van der Waals surface area contributed by atoms with Crippen LogP contribution in [0.3, 0.4) is 0 Å². The van der Waals surface area contributed by atoms with Gasteiger partial charge in [0.1, 0.15) is 5.78 Å². The van der Waals surface area contributed by atoms with Crippen molar-refractivity contribution in [3.8, 4) is 0 Å². The van der Waals surface area contributed by atoms with Crippen molar-refractivity contribution in [2.24, 2.45) is 0 Å². The zero-order valence-corrected chi connectivity index (χ0v) is 11.9. The van der Waals surface area contributed by atoms with Crippen LogP contribution in [0.4, 0.5) is 0 Å². The Labute approximate surface area is 112 Å². The number of carbonyl (C=O) groups excluding carboxylic acids is 1. The highest BCUT2D eigenvalue weighted by atomic mass is 16.5. The molecule has 0 bridgehead atoms. The van der Waals surface area contributed by atoms with Gasteiger partial charge in [0.2, 0.25) is 0 Å². The predicted molar refractivity (Wildman–Crippen MR) is 75.8 cm³/mol. The molecule has 106 valence electrons. The second kappa shape index (κ2) is 11.7. The van der Waals surface area contributed by atoms with Crippen LogP contribution >= 0.6 is 0 Å². The van der Waals surface area contributed by atoms with Gasteiger partial charge in [-0.05, 0) is 19.3 Å². The maximum Gasteiger partial charge on any atom is 0.132 e. The highest BCUT2D eigenvalue weighted by Crippen LogP contribution is 2.12. The molecule has 0 atom stereocenters. The van der Waals surface area contributed by atoms with Crippen LogP contribution in [0, 0.1) is 0 Å². The fourth-order valence-electron chi connectivity index (χ4n) is 2.54. The van der Waals surface area contributed by atoms with E-state index < -0.39 is 0 Å². The summed E-state index contributed by atoms with van der Waals surface area (Å²) in [6, 6.07) is 0. The number of hydrogen-bond donors (Lipinski definition) is 0. The second-order valence-corrected chi connectivity index (χ2v) is 5.54. The molecule has 0 N–H and O–H groups in total. The van der Waals surface area contributed by atoms with Crippen molar-refractivity contribution in [3.05, 3.63) is 0 Å². The maximum absolute atomic E-state index is 11.6. The summed E-state index contributed by atoms with van der Waals surface area (Å²) in [6.45, 7) is 1.65. The highest BCUT2D eigenvalue weighted by molar-refractivity contribution is 5.78. The van der Waals surface area contributed by atoms with E-state index >= 15 is 0 Å². The molecule has 0 radical (unpaired) electrons. The van der Waals surface area contributed by atoms with E-state index in [1.807, 2.05) is 0 Å². The average Bonchev–Trinajstić information content (AvgIpc) is 2.37. The van der Waals surface area contributed by atoms with Crippen molar-refractivity contribution in [2.75, 3.05) is 13.2 Å². The van der Waals surface area contributed by atoms with E-state index in [1.165, 1.54) is 57.8 Å². The minimum absolute atomic E-state index is 0.433. The fourth-order valence-corrected chi connectivity index (χ4v) is 2.54. The summed E-state index contributed by atoms with van der Waals surface area (Å²) in [5, 5.41) is 0. The Morgan fingerprint density at radius 3 is 1.67 bits per heavy atom. The Bertz CT molecular complexity index is 181. The first-order valence-electron chi connectivity index (χ1n) is 7.99. The topological polar surface area (TPSA) is 26.3 Å². The van der Waals surface area contributed by atoms with E-state index in [1.54, 1.807) is 0 Å². The quantitative estimate of drug-likeness (QED) is 0.628. The van der Waals surface area contributed by atoms with E-state index in [4.69, 9.17) is 4.74 Å². The highest BCUT2D eigenvalue weighted by Gasteiger charge is 2.02. The van der Waals surface area contributed by atoms with Gasteiger partial charge in [-0.15, -0.1) is 0 Å². The van der Waals surface area contributed by atoms with Crippen LogP contribution in [0.5, 0.6) is 0 Å². The van der Waals surface area contributed by atoms with E-state index in [2.05, 4.69) is 0 Å². The van der Waals surface area contributed by atoms with Crippen LogP contribution in [0.2, 0.25) is 0 Å². The molecule has 2 nitrogen and oxygen atoms in total. The molecule has 1 aliphatic heterocycles. The van der Waals surface area contributed by atoms with E-state index in [0.717, 1.165) is 38.9 Å². The molecular formula is C16H30O2. The molecule has 1 heterocycles. The van der Waals surface area contributed by atoms with Crippen LogP contribution in [-0.2, 0) is 9.53 Å². The monoisotopic (exact) mass is 254 g/mol. The average molecular weight is 254 g/mol. The predicted octanol–water partition coefficient (Wildman–Crippen LogP) is 4.66. The molecule has 0 aromatic heterocycles. The fraction of sp³-hybridized carbons (Fsp3) is 0.938. The van der Waals surface area contributed by atoms with Crippen LogP contribution in [0.25, 0.3) is 0 Å². The van der Waals surface area contributed by atoms with Gasteiger partial charge in [0.15, 0.2) is 0 Å². The van der Waals surface area contributed by atoms with Gasteiger partial charge in [0, 0.05) is 26.1 Å². The molecule has 0 aliphatic carbocycles. The van der Waals surface area contributed by atoms with Crippen molar-refractivity contribution < 1.29 is 9.53 Å². The summed E-state index contributed by atoms with van der Waals surface area (Å²) in [5.41, 5.74) is 0. The molecule has 0 unspecified atom stereocenters. The lowest BCUT2D eigenvalue weighted by Crippen LogP contribution is -2.02. The molecule has 0 saturated carbocycles. The van der Waals surface area contributed by atoms with Crippen molar-refractivity contribution in [3.63, 3.8) is 0 Å². The van der Waals surface area contributed by atoms with Gasteiger partial charge in [-0.25, -0.2) is 0 Å². The lowest BCUT2D eigenvalue weighted by Gasteiger charge is -2.04. The molecule has 0 spiro atoms. The Hall–Kier alpha value is -0.370. The van der Waals surface area contributed by atoms with E-state index in [-0.39, 0.29) is 0 Å². The Morgan fingerprint density at radius 2 is 1.00 bits per heavy atom. The molecule has 1 saturated heterocycles. The van der Waals surface area contributed by atoms with Gasteiger partial charge in [-0.1, -0.05) is 51.4 Å². The summed E-state index contributed by atoms with van der Waals surface area (Å²) in [6.07, 6.45) is 15.5. The van der Waals surface area contributed by atoms with Gasteiger partial charge >= 0.3 is 0 Å². The van der Waals surface area contributed by atoms with Crippen molar-refractivity contribution in [2.45, 2.75) is 83.5 Å². The molecule has 2 heteroatoms. The number of hydrogen-bond acceptors (Lipinski definition) is 2. The summed E-state index contributed by atoms with van der Waals surface area (Å²) < 4.78 is 5.56. The summed E-state index contributed by atoms with van der Waals surface area (Å²) in [7, 11) is 0. The summed E-state index contributed by atoms with van der Waals surface area (Å²) in [4.78, 5) is 11.6. The van der Waals surface area contributed by atoms with Crippen LogP contribution < -0.4 is 0 Å². The minimum atomic E-state index is 0.433. The van der Waals surface area contributed by atoms with Gasteiger partial charge in [0.25, 0.3) is 0 Å². The van der Waals surface area contributed by atoms with Crippen LogP contribution in [0.1, 0.15) is 83.5 Å². The van der Waals surface area contributed by atoms with Crippen molar-refractivity contribution in [1.82, 2.24) is 0 Å². The van der Waals surface area contributed by atoms with Crippen LogP contribution in [0.15, 0.2) is 0 Å². The Kier molecular flexibility index (Phi) is 10.2. The molecule has 1 fully saturated rings. The third-order valence-electron chi connectivity index (χ3n) is 3.74. The first-order chi connectivity index (χ1) is 8.89. The number of carbonyl (C=O) groups is 1. The van der Waals surface area contributed by atoms with E-state index in [0.29, 0.717) is 5.78 Å². The van der Waals surface area contributed by atoms with Gasteiger partial charge in [0.05, 0.1) is 0 Å². The second-order valence-electron chi connectivity index (χ2n) is 5.54. The lowest BCUT2D eigenvalue weighted by molar-refractivity contribution is -0.119. The summed E-state index contributed by atoms with van der Waals surface area (Å²) in [5.74, 6) is 0.433. The standard InChI is InChI=1S/C16H30O2/c17-16-12-9-7-5-3-1-2-4-6-8-10-14-18-15-11-13-16/h1-15H2. The number of ketones is 1. The molecule has 0 aromatic carbocycles. The molecule has 0 amide bonds. The Balaban J connectivity index is 2.11. The zero-order chi connectivity index (χ0) is 12.9. The lowest BCUT2D eigenvalue weighted by atomic mass is 10.0. The molecule has 1 aliphatic rings. The maximum atomic E-state index is 11.6. The molecule has 18 heavy (non-hydrogen) atoms. The summed E-state index contributed by atoms with van der Waals surface area (Å²) >= 11 is 0. The first kappa shape index (κ1) is 15.7. The molecule has 1 rings (SSSR count). The minimum Gasteiger partial charge on any atom is -0.381 e. The van der Waals surface area contributed by atoms with Gasteiger partial charge in [-0.2, -0.15) is 0 Å². The van der Waals surface area contributed by atoms with E-state index in [9.17, 15) is 4.79 Å². The number of ether oxygens (including phenoxy) is 1. The molecule has 0 aromatic rings. The van der Waals surface area contributed by atoms with Crippen LogP contribution in [-0.4, -0.2) is 19.0 Å². The SMILES string of the molecule is O=C1CCCCCCCCCCCCOCCC1. The third kappa shape index (κ3) is 9.64. The number of rotatable bonds is 0. The van der Waals surface area contributed by atoms with Crippen molar-refractivity contribution >= 4 is 5.78 Å².